The molecule has 1 aliphatic rings. The Balaban J connectivity index is 1.94. The lowest BCUT2D eigenvalue weighted by molar-refractivity contribution is 0.0993. The first kappa shape index (κ1) is 13.6. The summed E-state index contributed by atoms with van der Waals surface area (Å²) in [7, 11) is 0. The van der Waals surface area contributed by atoms with E-state index in [2.05, 4.69) is 35.0 Å². The fourth-order valence-electron chi connectivity index (χ4n) is 2.73. The van der Waals surface area contributed by atoms with E-state index in [1.54, 1.807) is 0 Å². The molecule has 0 saturated carbocycles. The van der Waals surface area contributed by atoms with E-state index in [4.69, 9.17) is 4.74 Å². The Morgan fingerprint density at radius 1 is 1.56 bits per heavy atom. The highest BCUT2D eigenvalue weighted by molar-refractivity contribution is 5.07. The minimum absolute atomic E-state index is 0.404. The summed E-state index contributed by atoms with van der Waals surface area (Å²) in [5, 5.41) is 7.93. The predicted octanol–water partition coefficient (Wildman–Crippen LogP) is 2.51. The summed E-state index contributed by atoms with van der Waals surface area (Å²) in [5.41, 5.74) is 1.30. The van der Waals surface area contributed by atoms with Gasteiger partial charge in [-0.15, -0.1) is 0 Å². The first-order chi connectivity index (χ1) is 8.85. The van der Waals surface area contributed by atoms with Crippen LogP contribution >= 0.6 is 0 Å². The number of rotatable bonds is 7. The molecular weight excluding hydrogens is 226 g/mol. The van der Waals surface area contributed by atoms with Crippen molar-refractivity contribution < 1.29 is 4.74 Å². The SMILES string of the molecule is CCNC(CCC1CCCO1)c1ccnn1CC. The van der Waals surface area contributed by atoms with Crippen LogP contribution in [0, 0.1) is 0 Å². The normalized spacial score (nSPS) is 21.3. The van der Waals surface area contributed by atoms with Crippen molar-refractivity contribution in [3.05, 3.63) is 18.0 Å². The zero-order valence-electron chi connectivity index (χ0n) is 11.6. The standard InChI is InChI=1S/C14H25N3O/c1-3-15-13(8-7-12-6-5-11-18-12)14-9-10-16-17(14)4-2/h9-10,12-13,15H,3-8,11H2,1-2H3. The summed E-state index contributed by atoms with van der Waals surface area (Å²) >= 11 is 0. The van der Waals surface area contributed by atoms with E-state index in [0.29, 0.717) is 12.1 Å². The summed E-state index contributed by atoms with van der Waals surface area (Å²) in [5.74, 6) is 0. The lowest BCUT2D eigenvalue weighted by Gasteiger charge is -2.20. The second-order valence-electron chi connectivity index (χ2n) is 4.89. The van der Waals surface area contributed by atoms with Gasteiger partial charge >= 0.3 is 0 Å². The molecule has 102 valence electrons. The third-order valence-electron chi connectivity index (χ3n) is 3.66. The summed E-state index contributed by atoms with van der Waals surface area (Å²) in [6, 6.07) is 2.54. The maximum absolute atomic E-state index is 5.71. The third-order valence-corrected chi connectivity index (χ3v) is 3.66. The number of nitrogens with zero attached hydrogens (tertiary/aromatic N) is 2. The molecule has 1 aromatic heterocycles. The molecule has 0 amide bonds. The zero-order chi connectivity index (χ0) is 12.8. The van der Waals surface area contributed by atoms with Crippen molar-refractivity contribution in [2.45, 2.75) is 58.2 Å². The molecule has 1 fully saturated rings. The first-order valence-corrected chi connectivity index (χ1v) is 7.21. The van der Waals surface area contributed by atoms with Gasteiger partial charge in [-0.3, -0.25) is 4.68 Å². The molecule has 0 bridgehead atoms. The summed E-state index contributed by atoms with van der Waals surface area (Å²) < 4.78 is 7.79. The molecule has 1 aliphatic heterocycles. The molecule has 1 aromatic rings. The van der Waals surface area contributed by atoms with Gasteiger partial charge in [0.2, 0.25) is 0 Å². The molecule has 2 rings (SSSR count). The van der Waals surface area contributed by atoms with Crippen molar-refractivity contribution in [2.24, 2.45) is 0 Å². The van der Waals surface area contributed by atoms with Crippen LogP contribution in [0.2, 0.25) is 0 Å². The van der Waals surface area contributed by atoms with E-state index in [0.717, 1.165) is 32.5 Å². The fourth-order valence-corrected chi connectivity index (χ4v) is 2.73. The number of hydrogen-bond acceptors (Lipinski definition) is 3. The van der Waals surface area contributed by atoms with E-state index in [9.17, 15) is 0 Å². The van der Waals surface area contributed by atoms with Gasteiger partial charge in [-0.25, -0.2) is 0 Å². The Bertz CT molecular complexity index is 345. The van der Waals surface area contributed by atoms with E-state index in [1.807, 2.05) is 6.20 Å². The van der Waals surface area contributed by atoms with Gasteiger partial charge in [0.25, 0.3) is 0 Å². The molecule has 0 radical (unpaired) electrons. The van der Waals surface area contributed by atoms with Crippen LogP contribution in [-0.4, -0.2) is 29.0 Å². The molecule has 2 unspecified atom stereocenters. The van der Waals surface area contributed by atoms with Crippen molar-refractivity contribution in [2.75, 3.05) is 13.2 Å². The average Bonchev–Trinajstić information content (AvgIpc) is 3.04. The third kappa shape index (κ3) is 3.33. The maximum Gasteiger partial charge on any atom is 0.0576 e. The minimum Gasteiger partial charge on any atom is -0.378 e. The van der Waals surface area contributed by atoms with Gasteiger partial charge in [-0.05, 0) is 45.2 Å². The summed E-state index contributed by atoms with van der Waals surface area (Å²) in [4.78, 5) is 0. The Morgan fingerprint density at radius 3 is 3.11 bits per heavy atom. The highest BCUT2D eigenvalue weighted by atomic mass is 16.5. The predicted molar refractivity (Wildman–Crippen MR) is 72.5 cm³/mol. The molecule has 4 heteroatoms. The van der Waals surface area contributed by atoms with E-state index in [-0.39, 0.29) is 0 Å². The first-order valence-electron chi connectivity index (χ1n) is 7.21. The Morgan fingerprint density at radius 2 is 2.44 bits per heavy atom. The van der Waals surface area contributed by atoms with Gasteiger partial charge in [0, 0.05) is 25.4 Å². The molecule has 1 N–H and O–H groups in total. The van der Waals surface area contributed by atoms with Gasteiger partial charge in [0.1, 0.15) is 0 Å². The van der Waals surface area contributed by atoms with Crippen LogP contribution in [0.3, 0.4) is 0 Å². The fraction of sp³-hybridized carbons (Fsp3) is 0.786. The van der Waals surface area contributed by atoms with Crippen LogP contribution in [0.25, 0.3) is 0 Å². The molecule has 0 aromatic carbocycles. The largest absolute Gasteiger partial charge is 0.378 e. The molecule has 0 spiro atoms. The highest BCUT2D eigenvalue weighted by Crippen LogP contribution is 2.23. The quantitative estimate of drug-likeness (QED) is 0.809. The van der Waals surface area contributed by atoms with E-state index in [1.165, 1.54) is 18.5 Å². The van der Waals surface area contributed by atoms with Crippen LogP contribution in [0.1, 0.15) is 51.3 Å². The van der Waals surface area contributed by atoms with Crippen LogP contribution in [0.15, 0.2) is 12.3 Å². The van der Waals surface area contributed by atoms with Crippen LogP contribution in [0.4, 0.5) is 0 Å². The number of aromatic nitrogens is 2. The van der Waals surface area contributed by atoms with Crippen molar-refractivity contribution in [3.63, 3.8) is 0 Å². The summed E-state index contributed by atoms with van der Waals surface area (Å²) in [6.07, 6.45) is 7.10. The van der Waals surface area contributed by atoms with Crippen LogP contribution in [-0.2, 0) is 11.3 Å². The van der Waals surface area contributed by atoms with Crippen LogP contribution < -0.4 is 5.32 Å². The van der Waals surface area contributed by atoms with Gasteiger partial charge in [-0.2, -0.15) is 5.10 Å². The number of ether oxygens (including phenoxy) is 1. The molecule has 18 heavy (non-hydrogen) atoms. The second-order valence-corrected chi connectivity index (χ2v) is 4.89. The van der Waals surface area contributed by atoms with Crippen LogP contribution in [0.5, 0.6) is 0 Å². The van der Waals surface area contributed by atoms with Gasteiger partial charge in [-0.1, -0.05) is 6.92 Å². The maximum atomic E-state index is 5.71. The molecular formula is C14H25N3O. The monoisotopic (exact) mass is 251 g/mol. The molecule has 0 aliphatic carbocycles. The molecule has 1 saturated heterocycles. The van der Waals surface area contributed by atoms with Gasteiger partial charge in [0.15, 0.2) is 0 Å². The number of hydrogen-bond donors (Lipinski definition) is 1. The Hall–Kier alpha value is -0.870. The number of nitrogens with one attached hydrogen (secondary N) is 1. The second kappa shape index (κ2) is 6.90. The van der Waals surface area contributed by atoms with E-state index < -0.39 is 0 Å². The van der Waals surface area contributed by atoms with Crippen molar-refractivity contribution >= 4 is 0 Å². The van der Waals surface area contributed by atoms with Crippen molar-refractivity contribution in [1.82, 2.24) is 15.1 Å². The lowest BCUT2D eigenvalue weighted by atomic mass is 10.0. The number of aryl methyl sites for hydroxylation is 1. The van der Waals surface area contributed by atoms with Gasteiger partial charge in [0.05, 0.1) is 11.8 Å². The molecule has 4 nitrogen and oxygen atoms in total. The van der Waals surface area contributed by atoms with E-state index >= 15 is 0 Å². The van der Waals surface area contributed by atoms with Crippen molar-refractivity contribution in [3.8, 4) is 0 Å². The molecule has 2 heterocycles. The zero-order valence-corrected chi connectivity index (χ0v) is 11.6. The smallest absolute Gasteiger partial charge is 0.0576 e. The average molecular weight is 251 g/mol. The summed E-state index contributed by atoms with van der Waals surface area (Å²) in [6.45, 7) is 7.17. The minimum atomic E-state index is 0.404. The Labute approximate surface area is 110 Å². The van der Waals surface area contributed by atoms with Crippen molar-refractivity contribution in [1.29, 1.82) is 0 Å². The van der Waals surface area contributed by atoms with Gasteiger partial charge < -0.3 is 10.1 Å². The Kier molecular flexibility index (Phi) is 5.20. The topological polar surface area (TPSA) is 39.1 Å². The highest BCUT2D eigenvalue weighted by Gasteiger charge is 2.20. The lowest BCUT2D eigenvalue weighted by Crippen LogP contribution is -2.25. The molecule has 2 atom stereocenters.